The number of pyridine rings is 1. The second-order valence-corrected chi connectivity index (χ2v) is 4.92. The number of aryl methyl sites for hydroxylation is 2. The number of hydrogen-bond acceptors (Lipinski definition) is 5. The Morgan fingerprint density at radius 3 is 2.59 bits per heavy atom. The van der Waals surface area contributed by atoms with Gasteiger partial charge in [0.2, 0.25) is 0 Å². The molecule has 0 saturated carbocycles. The van der Waals surface area contributed by atoms with Gasteiger partial charge in [0.05, 0.1) is 17.1 Å². The molecular weight excluding hydrogens is 284 g/mol. The van der Waals surface area contributed by atoms with Crippen molar-refractivity contribution in [3.8, 4) is 0 Å². The van der Waals surface area contributed by atoms with E-state index in [4.69, 9.17) is 4.74 Å². The molecule has 2 heterocycles. The third kappa shape index (κ3) is 3.30. The average Bonchev–Trinajstić information content (AvgIpc) is 2.74. The number of carbonyl (C=O) groups is 2. The van der Waals surface area contributed by atoms with Gasteiger partial charge in [-0.3, -0.25) is 9.48 Å². The highest BCUT2D eigenvalue weighted by atomic mass is 16.5. The molecule has 7 heteroatoms. The number of carbonyl (C=O) groups excluding carboxylic acids is 2. The second kappa shape index (κ2) is 6.38. The van der Waals surface area contributed by atoms with E-state index in [0.717, 1.165) is 5.69 Å². The summed E-state index contributed by atoms with van der Waals surface area (Å²) in [5, 5.41) is 6.95. The van der Waals surface area contributed by atoms with Crippen LogP contribution in [0.5, 0.6) is 0 Å². The fourth-order valence-electron chi connectivity index (χ4n) is 1.94. The van der Waals surface area contributed by atoms with Crippen molar-refractivity contribution in [2.45, 2.75) is 26.9 Å². The number of esters is 1. The van der Waals surface area contributed by atoms with E-state index in [2.05, 4.69) is 15.4 Å². The van der Waals surface area contributed by atoms with Crippen LogP contribution in [0.25, 0.3) is 0 Å². The lowest BCUT2D eigenvalue weighted by atomic mass is 10.3. The molecule has 2 rings (SSSR count). The number of nitrogens with one attached hydrogen (secondary N) is 1. The van der Waals surface area contributed by atoms with Gasteiger partial charge in [-0.2, -0.15) is 5.10 Å². The van der Waals surface area contributed by atoms with Gasteiger partial charge in [0.1, 0.15) is 5.69 Å². The van der Waals surface area contributed by atoms with Crippen molar-refractivity contribution in [1.82, 2.24) is 14.8 Å². The molecule has 1 N–H and O–H groups in total. The Hall–Kier alpha value is -2.70. The van der Waals surface area contributed by atoms with E-state index in [1.807, 2.05) is 6.92 Å². The first-order chi connectivity index (χ1) is 10.4. The molecule has 0 aliphatic rings. The Kier molecular flexibility index (Phi) is 4.55. The van der Waals surface area contributed by atoms with E-state index in [0.29, 0.717) is 11.4 Å². The van der Waals surface area contributed by atoms with Crippen molar-refractivity contribution in [2.24, 2.45) is 7.05 Å². The molecule has 1 amide bonds. The van der Waals surface area contributed by atoms with Gasteiger partial charge >= 0.3 is 5.97 Å². The fraction of sp³-hybridized carbons (Fsp3) is 0.333. The first-order valence-corrected chi connectivity index (χ1v) is 6.83. The van der Waals surface area contributed by atoms with Gasteiger partial charge in [-0.05, 0) is 32.9 Å². The highest BCUT2D eigenvalue weighted by Gasteiger charge is 2.21. The molecular formula is C15H18N4O3. The summed E-state index contributed by atoms with van der Waals surface area (Å²) >= 11 is 0. The highest BCUT2D eigenvalue weighted by Crippen LogP contribution is 2.18. The zero-order chi connectivity index (χ0) is 16.3. The molecule has 0 unspecified atom stereocenters. The van der Waals surface area contributed by atoms with Crippen molar-refractivity contribution < 1.29 is 14.3 Å². The summed E-state index contributed by atoms with van der Waals surface area (Å²) in [4.78, 5) is 27.9. The first kappa shape index (κ1) is 15.7. The third-order valence-electron chi connectivity index (χ3n) is 3.28. The van der Waals surface area contributed by atoms with Crippen molar-refractivity contribution in [3.63, 3.8) is 0 Å². The van der Waals surface area contributed by atoms with E-state index in [-0.39, 0.29) is 5.69 Å². The highest BCUT2D eigenvalue weighted by molar-refractivity contribution is 5.97. The number of nitrogens with zero attached hydrogens (tertiary/aromatic N) is 3. The Labute approximate surface area is 128 Å². The van der Waals surface area contributed by atoms with Gasteiger partial charge in [-0.1, -0.05) is 6.07 Å². The SMILES string of the molecule is Cc1nn(C)c(C)c1NC(=O)[C@H](C)OC(=O)c1ccccn1. The van der Waals surface area contributed by atoms with Crippen molar-refractivity contribution in [3.05, 3.63) is 41.5 Å². The van der Waals surface area contributed by atoms with E-state index >= 15 is 0 Å². The minimum absolute atomic E-state index is 0.163. The maximum Gasteiger partial charge on any atom is 0.357 e. The van der Waals surface area contributed by atoms with Crippen LogP contribution in [0.1, 0.15) is 28.8 Å². The Balaban J connectivity index is 2.02. The summed E-state index contributed by atoms with van der Waals surface area (Å²) in [6.07, 6.45) is 0.553. The van der Waals surface area contributed by atoms with E-state index in [1.165, 1.54) is 19.2 Å². The molecule has 0 saturated heterocycles. The van der Waals surface area contributed by atoms with Crippen LogP contribution in [0.3, 0.4) is 0 Å². The zero-order valence-corrected chi connectivity index (χ0v) is 13.0. The summed E-state index contributed by atoms with van der Waals surface area (Å²) < 4.78 is 6.79. The standard InChI is InChI=1S/C15H18N4O3/c1-9-13(10(2)19(4)18-9)17-14(20)11(3)22-15(21)12-7-5-6-8-16-12/h5-8,11H,1-4H3,(H,17,20)/t11-/m0/s1. The average molecular weight is 302 g/mol. The molecule has 0 bridgehead atoms. The number of amides is 1. The Morgan fingerprint density at radius 2 is 2.05 bits per heavy atom. The van der Waals surface area contributed by atoms with Crippen molar-refractivity contribution in [2.75, 3.05) is 5.32 Å². The number of anilines is 1. The smallest absolute Gasteiger partial charge is 0.357 e. The van der Waals surface area contributed by atoms with Crippen LogP contribution in [0.2, 0.25) is 0 Å². The second-order valence-electron chi connectivity index (χ2n) is 4.92. The third-order valence-corrected chi connectivity index (χ3v) is 3.28. The largest absolute Gasteiger partial charge is 0.448 e. The van der Waals surface area contributed by atoms with Gasteiger partial charge < -0.3 is 10.1 Å². The van der Waals surface area contributed by atoms with Gasteiger partial charge in [-0.25, -0.2) is 9.78 Å². The van der Waals surface area contributed by atoms with E-state index in [1.54, 1.807) is 30.8 Å². The fourth-order valence-corrected chi connectivity index (χ4v) is 1.94. The van der Waals surface area contributed by atoms with Crippen LogP contribution < -0.4 is 5.32 Å². The van der Waals surface area contributed by atoms with E-state index in [9.17, 15) is 9.59 Å². The molecule has 0 aromatic carbocycles. The molecule has 0 spiro atoms. The minimum Gasteiger partial charge on any atom is -0.448 e. The van der Waals surface area contributed by atoms with Crippen LogP contribution >= 0.6 is 0 Å². The van der Waals surface area contributed by atoms with Gasteiger partial charge in [-0.15, -0.1) is 0 Å². The Bertz CT molecular complexity index is 694. The van der Waals surface area contributed by atoms with Crippen LogP contribution in [-0.2, 0) is 16.6 Å². The molecule has 7 nitrogen and oxygen atoms in total. The summed E-state index contributed by atoms with van der Waals surface area (Å²) in [5.74, 6) is -1.05. The van der Waals surface area contributed by atoms with Crippen LogP contribution in [0.4, 0.5) is 5.69 Å². The monoisotopic (exact) mass is 302 g/mol. The molecule has 0 radical (unpaired) electrons. The summed E-state index contributed by atoms with van der Waals surface area (Å²) in [5.41, 5.74) is 2.33. The maximum absolute atomic E-state index is 12.1. The van der Waals surface area contributed by atoms with Crippen molar-refractivity contribution >= 4 is 17.6 Å². The van der Waals surface area contributed by atoms with E-state index < -0.39 is 18.0 Å². The summed E-state index contributed by atoms with van der Waals surface area (Å²) in [7, 11) is 1.79. The number of rotatable bonds is 4. The number of ether oxygens (including phenoxy) is 1. The normalized spacial score (nSPS) is 11.8. The zero-order valence-electron chi connectivity index (χ0n) is 13.0. The molecule has 0 fully saturated rings. The van der Waals surface area contributed by atoms with Gasteiger partial charge in [0, 0.05) is 13.2 Å². The molecule has 0 aliphatic carbocycles. The summed E-state index contributed by atoms with van der Waals surface area (Å²) in [6.45, 7) is 5.16. The molecule has 0 aliphatic heterocycles. The van der Waals surface area contributed by atoms with Crippen LogP contribution in [-0.4, -0.2) is 32.7 Å². The predicted octanol–water partition coefficient (Wildman–Crippen LogP) is 1.62. The number of hydrogen-bond donors (Lipinski definition) is 1. The maximum atomic E-state index is 12.1. The molecule has 2 aromatic heterocycles. The lowest BCUT2D eigenvalue weighted by Crippen LogP contribution is -2.30. The quantitative estimate of drug-likeness (QED) is 0.867. The lowest BCUT2D eigenvalue weighted by molar-refractivity contribution is -0.123. The molecule has 22 heavy (non-hydrogen) atoms. The lowest BCUT2D eigenvalue weighted by Gasteiger charge is -2.13. The topological polar surface area (TPSA) is 86.1 Å². The van der Waals surface area contributed by atoms with Gasteiger partial charge in [0.15, 0.2) is 6.10 Å². The first-order valence-electron chi connectivity index (χ1n) is 6.83. The van der Waals surface area contributed by atoms with Gasteiger partial charge in [0.25, 0.3) is 5.91 Å². The number of aromatic nitrogens is 3. The minimum atomic E-state index is -0.937. The predicted molar refractivity (Wildman–Crippen MR) is 80.4 cm³/mol. The molecule has 1 atom stereocenters. The van der Waals surface area contributed by atoms with Crippen LogP contribution in [0, 0.1) is 13.8 Å². The van der Waals surface area contributed by atoms with Crippen molar-refractivity contribution in [1.29, 1.82) is 0 Å². The van der Waals surface area contributed by atoms with Crippen LogP contribution in [0.15, 0.2) is 24.4 Å². The Morgan fingerprint density at radius 1 is 1.32 bits per heavy atom. The summed E-state index contributed by atoms with van der Waals surface area (Å²) in [6, 6.07) is 4.90. The molecule has 2 aromatic rings. The molecule has 116 valence electrons.